The van der Waals surface area contributed by atoms with Gasteiger partial charge in [0.05, 0.1) is 0 Å². The lowest BCUT2D eigenvalue weighted by Gasteiger charge is -2.45. The van der Waals surface area contributed by atoms with Crippen LogP contribution in [0, 0.1) is 6.85 Å². The first kappa shape index (κ1) is 34.1. The molecule has 0 aliphatic carbocycles. The Balaban J connectivity index is 1.11. The van der Waals surface area contributed by atoms with Gasteiger partial charge in [-0.2, -0.15) is 0 Å². The molecule has 12 rings (SSSR count). The van der Waals surface area contributed by atoms with Crippen molar-refractivity contribution in [3.05, 3.63) is 211 Å². The van der Waals surface area contributed by atoms with Gasteiger partial charge in [-0.1, -0.05) is 166 Å². The molecule has 0 amide bonds. The third-order valence-electron chi connectivity index (χ3n) is 13.1. The summed E-state index contributed by atoms with van der Waals surface area (Å²) in [7, 11) is 0. The largest absolute Gasteiger partial charge is 0.455 e. The number of rotatable bonds is 5. The highest BCUT2D eigenvalue weighted by atomic mass is 16.3. The summed E-state index contributed by atoms with van der Waals surface area (Å²) in [5.74, 6) is 0. The number of furan rings is 1. The van der Waals surface area contributed by atoms with E-state index in [0.717, 1.165) is 100 Å². The first-order valence-electron chi connectivity index (χ1n) is 23.3. The van der Waals surface area contributed by atoms with Gasteiger partial charge in [-0.05, 0) is 122 Å². The molecular formula is C59H45BN2O. The second-order valence-corrected chi connectivity index (χ2v) is 17.9. The summed E-state index contributed by atoms with van der Waals surface area (Å²) < 4.78 is 33.3. The molecule has 9 aromatic carbocycles. The fourth-order valence-electron chi connectivity index (χ4n) is 10.0. The van der Waals surface area contributed by atoms with E-state index in [1.165, 1.54) is 11.0 Å². The zero-order valence-electron chi connectivity index (χ0n) is 38.4. The number of para-hydroxylation sites is 2. The van der Waals surface area contributed by atoms with Gasteiger partial charge in [0.15, 0.2) is 0 Å². The lowest BCUT2D eigenvalue weighted by molar-refractivity contribution is 0.590. The maximum absolute atomic E-state index is 8.94. The second kappa shape index (κ2) is 14.3. The van der Waals surface area contributed by atoms with E-state index in [1.807, 2.05) is 36.4 Å². The highest BCUT2D eigenvalue weighted by Gasteiger charge is 2.44. The molecule has 0 bridgehead atoms. The normalized spacial score (nSPS) is 13.9. The van der Waals surface area contributed by atoms with Crippen LogP contribution in [0.3, 0.4) is 0 Å². The molecule has 0 fully saturated rings. The Morgan fingerprint density at radius 1 is 0.460 bits per heavy atom. The van der Waals surface area contributed by atoms with E-state index in [1.54, 1.807) is 0 Å². The SMILES string of the molecule is [2H]C([2H])([2H])c1cc2c3c(c1)N(c1ccc(-c4cccc5c4oc4ccccc45)cc1)c1cc(C(C)(C)C)ccc1B3c1cc(-c3ccccc3)ccc1N2c1ccc(-c2ccccc2)cc1. The lowest BCUT2D eigenvalue weighted by atomic mass is 9.33. The average Bonchev–Trinajstić information content (AvgIpc) is 3.73. The molecule has 4 heteroatoms. The minimum absolute atomic E-state index is 0.143. The van der Waals surface area contributed by atoms with Crippen molar-refractivity contribution in [2.24, 2.45) is 0 Å². The van der Waals surface area contributed by atoms with Gasteiger partial charge in [0.1, 0.15) is 11.2 Å². The zero-order chi connectivity index (χ0) is 44.9. The molecule has 0 saturated carbocycles. The van der Waals surface area contributed by atoms with E-state index in [-0.39, 0.29) is 12.1 Å². The number of hydrogen-bond acceptors (Lipinski definition) is 3. The number of fused-ring (bicyclic) bond motifs is 7. The van der Waals surface area contributed by atoms with Crippen LogP contribution in [0.1, 0.15) is 36.0 Å². The fraction of sp³-hybridized carbons (Fsp3) is 0.0847. The number of anilines is 6. The van der Waals surface area contributed by atoms with Crippen molar-refractivity contribution in [1.29, 1.82) is 0 Å². The summed E-state index contributed by atoms with van der Waals surface area (Å²) in [6.45, 7) is 4.17. The molecule has 0 radical (unpaired) electrons. The summed E-state index contributed by atoms with van der Waals surface area (Å²) in [5, 5.41) is 2.18. The molecular weight excluding hydrogens is 763 g/mol. The highest BCUT2D eigenvalue weighted by Crippen LogP contribution is 2.46. The van der Waals surface area contributed by atoms with Gasteiger partial charge in [-0.15, -0.1) is 0 Å². The van der Waals surface area contributed by atoms with Gasteiger partial charge in [0.25, 0.3) is 6.71 Å². The van der Waals surface area contributed by atoms with Crippen molar-refractivity contribution < 1.29 is 8.53 Å². The van der Waals surface area contributed by atoms with Crippen molar-refractivity contribution in [1.82, 2.24) is 0 Å². The van der Waals surface area contributed by atoms with Crippen molar-refractivity contribution in [2.45, 2.75) is 33.0 Å². The highest BCUT2D eigenvalue weighted by molar-refractivity contribution is 7.00. The van der Waals surface area contributed by atoms with Crippen molar-refractivity contribution in [3.63, 3.8) is 0 Å². The van der Waals surface area contributed by atoms with Gasteiger partial charge in [-0.3, -0.25) is 0 Å². The maximum Gasteiger partial charge on any atom is 0.252 e. The summed E-state index contributed by atoms with van der Waals surface area (Å²) in [6.07, 6.45) is 0. The molecule has 3 heterocycles. The Kier molecular flexibility index (Phi) is 7.71. The van der Waals surface area contributed by atoms with Crippen LogP contribution in [-0.2, 0) is 5.41 Å². The van der Waals surface area contributed by atoms with Crippen LogP contribution in [-0.4, -0.2) is 6.71 Å². The summed E-state index contributed by atoms with van der Waals surface area (Å²) in [6, 6.07) is 70.4. The van der Waals surface area contributed by atoms with Crippen LogP contribution in [0.5, 0.6) is 0 Å². The minimum atomic E-state index is -2.38. The minimum Gasteiger partial charge on any atom is -0.455 e. The molecule has 300 valence electrons. The monoisotopic (exact) mass is 811 g/mol. The van der Waals surface area contributed by atoms with Crippen LogP contribution in [0.2, 0.25) is 0 Å². The molecule has 2 aliphatic rings. The Morgan fingerprint density at radius 2 is 1.05 bits per heavy atom. The van der Waals surface area contributed by atoms with E-state index in [2.05, 4.69) is 194 Å². The van der Waals surface area contributed by atoms with Crippen molar-refractivity contribution >= 4 is 79.2 Å². The van der Waals surface area contributed by atoms with E-state index in [0.29, 0.717) is 5.56 Å². The lowest BCUT2D eigenvalue weighted by Crippen LogP contribution is -2.61. The van der Waals surface area contributed by atoms with E-state index < -0.39 is 6.85 Å². The number of benzene rings is 9. The summed E-state index contributed by atoms with van der Waals surface area (Å²) in [4.78, 5) is 4.59. The van der Waals surface area contributed by atoms with Gasteiger partial charge in [0.2, 0.25) is 0 Å². The third-order valence-corrected chi connectivity index (χ3v) is 13.1. The average molecular weight is 812 g/mol. The maximum atomic E-state index is 8.94. The van der Waals surface area contributed by atoms with E-state index in [9.17, 15) is 0 Å². The summed E-state index contributed by atoms with van der Waals surface area (Å²) in [5.41, 5.74) is 18.7. The molecule has 10 aromatic rings. The fourth-order valence-corrected chi connectivity index (χ4v) is 10.0. The van der Waals surface area contributed by atoms with Crippen LogP contribution in [0.25, 0.3) is 55.3 Å². The Bertz CT molecular complexity index is 3500. The first-order chi connectivity index (χ1) is 32.0. The van der Waals surface area contributed by atoms with Crippen LogP contribution < -0.4 is 26.2 Å². The van der Waals surface area contributed by atoms with Gasteiger partial charge in [-0.25, -0.2) is 0 Å². The zero-order valence-corrected chi connectivity index (χ0v) is 35.4. The number of hydrogen-bond donors (Lipinski definition) is 0. The van der Waals surface area contributed by atoms with E-state index >= 15 is 0 Å². The number of aryl methyl sites for hydroxylation is 1. The van der Waals surface area contributed by atoms with Crippen molar-refractivity contribution in [2.75, 3.05) is 9.80 Å². The molecule has 63 heavy (non-hydrogen) atoms. The molecule has 1 aromatic heterocycles. The molecule has 0 saturated heterocycles. The molecule has 0 unspecified atom stereocenters. The molecule has 0 spiro atoms. The Labute approximate surface area is 373 Å². The first-order valence-corrected chi connectivity index (χ1v) is 21.8. The quantitative estimate of drug-likeness (QED) is 0.161. The number of nitrogens with zero attached hydrogens (tertiary/aromatic N) is 2. The van der Waals surface area contributed by atoms with Crippen molar-refractivity contribution in [3.8, 4) is 33.4 Å². The molecule has 0 N–H and O–H groups in total. The van der Waals surface area contributed by atoms with E-state index in [4.69, 9.17) is 8.53 Å². The second-order valence-electron chi connectivity index (χ2n) is 17.9. The van der Waals surface area contributed by atoms with Crippen LogP contribution in [0.15, 0.2) is 205 Å². The third kappa shape index (κ3) is 6.04. The summed E-state index contributed by atoms with van der Waals surface area (Å²) >= 11 is 0. The Hall–Kier alpha value is -7.56. The van der Waals surface area contributed by atoms with Crippen LogP contribution in [0.4, 0.5) is 34.1 Å². The predicted molar refractivity (Wildman–Crippen MR) is 267 cm³/mol. The molecule has 2 aliphatic heterocycles. The topological polar surface area (TPSA) is 19.6 Å². The van der Waals surface area contributed by atoms with Crippen LogP contribution >= 0.6 is 0 Å². The molecule has 3 nitrogen and oxygen atoms in total. The van der Waals surface area contributed by atoms with Gasteiger partial charge >= 0.3 is 0 Å². The van der Waals surface area contributed by atoms with Gasteiger partial charge < -0.3 is 14.2 Å². The Morgan fingerprint density at radius 3 is 1.73 bits per heavy atom. The predicted octanol–water partition coefficient (Wildman–Crippen LogP) is 14.3. The smallest absolute Gasteiger partial charge is 0.252 e. The van der Waals surface area contributed by atoms with Gasteiger partial charge in [0, 0.05) is 54.6 Å². The molecule has 0 atom stereocenters. The standard InChI is InChI=1S/C59H45BN2O/c1-38-34-54-57-55(35-38)62(46-30-24-42(25-31-46)47-19-13-20-49-48-18-11-12-21-56(48)63-58(47)49)53-37-44(59(2,3)4)27-32-50(53)60(57)51-36-43(40-16-9-6-10-17-40)26-33-52(51)61(54)45-28-22-41(23-29-45)39-14-7-5-8-15-39/h5-37H,1-4H3/i1D3.